The molecule has 0 amide bonds. The van der Waals surface area contributed by atoms with E-state index in [4.69, 9.17) is 16.6 Å². The minimum absolute atomic E-state index is 0.157. The van der Waals surface area contributed by atoms with E-state index in [1.807, 2.05) is 0 Å². The molecule has 1 rings (SSSR count). The Labute approximate surface area is 80.5 Å². The van der Waals surface area contributed by atoms with Crippen LogP contribution >= 0.6 is 0 Å². The fourth-order valence-electron chi connectivity index (χ4n) is 0.638. The number of hydrogen-bond donors (Lipinski definition) is 3. The van der Waals surface area contributed by atoms with Crippen molar-refractivity contribution in [3.05, 3.63) is 22.2 Å². The first kappa shape index (κ1) is 12.1. The average molecular weight is 200 g/mol. The first-order valence-electron chi connectivity index (χ1n) is 3.80. The molecule has 0 aromatic carbocycles. The maximum atomic E-state index is 10.2. The van der Waals surface area contributed by atoms with E-state index >= 15 is 0 Å². The molecule has 7 nitrogen and oxygen atoms in total. The SMILES string of the molecule is CCO.Nc1ccc([N+](=O)[O-])c(N)n1. The normalized spacial score (nSPS) is 8.71. The third kappa shape index (κ3) is 3.68. The van der Waals surface area contributed by atoms with Gasteiger partial charge >= 0.3 is 5.69 Å². The molecule has 0 saturated heterocycles. The molecule has 0 atom stereocenters. The van der Waals surface area contributed by atoms with E-state index in [9.17, 15) is 10.1 Å². The second-order valence-electron chi connectivity index (χ2n) is 2.21. The molecule has 1 aromatic heterocycles. The van der Waals surface area contributed by atoms with Crippen molar-refractivity contribution in [2.45, 2.75) is 6.92 Å². The fourth-order valence-corrected chi connectivity index (χ4v) is 0.638. The van der Waals surface area contributed by atoms with Gasteiger partial charge in [-0.1, -0.05) is 0 Å². The van der Waals surface area contributed by atoms with E-state index in [1.54, 1.807) is 6.92 Å². The van der Waals surface area contributed by atoms with Crippen LogP contribution in [0.25, 0.3) is 0 Å². The first-order chi connectivity index (χ1) is 6.52. The van der Waals surface area contributed by atoms with Gasteiger partial charge in [-0.05, 0) is 13.0 Å². The van der Waals surface area contributed by atoms with Gasteiger partial charge in [0, 0.05) is 12.7 Å². The van der Waals surface area contributed by atoms with Crippen molar-refractivity contribution in [2.24, 2.45) is 0 Å². The van der Waals surface area contributed by atoms with Crippen molar-refractivity contribution in [3.8, 4) is 0 Å². The zero-order valence-electron chi connectivity index (χ0n) is 7.67. The monoisotopic (exact) mass is 200 g/mol. The van der Waals surface area contributed by atoms with E-state index in [0.29, 0.717) is 0 Å². The molecule has 1 heterocycles. The van der Waals surface area contributed by atoms with Crippen molar-refractivity contribution in [3.63, 3.8) is 0 Å². The summed E-state index contributed by atoms with van der Waals surface area (Å²) in [6.07, 6.45) is 0. The Hall–Kier alpha value is -1.89. The highest BCUT2D eigenvalue weighted by Crippen LogP contribution is 2.18. The average Bonchev–Trinajstić information content (AvgIpc) is 2.04. The molecule has 5 N–H and O–H groups in total. The number of nitrogens with two attached hydrogens (primary N) is 2. The molecule has 0 aliphatic heterocycles. The number of anilines is 2. The minimum atomic E-state index is -0.609. The Morgan fingerprint density at radius 1 is 1.57 bits per heavy atom. The Bertz CT molecular complexity index is 316. The number of aliphatic hydroxyl groups is 1. The van der Waals surface area contributed by atoms with Crippen molar-refractivity contribution >= 4 is 17.3 Å². The smallest absolute Gasteiger partial charge is 0.311 e. The molecular formula is C7H12N4O3. The zero-order chi connectivity index (χ0) is 11.1. The van der Waals surface area contributed by atoms with Crippen LogP contribution in [0.5, 0.6) is 0 Å². The Morgan fingerprint density at radius 2 is 2.07 bits per heavy atom. The lowest BCUT2D eigenvalue weighted by Crippen LogP contribution is -2.00. The van der Waals surface area contributed by atoms with Crippen LogP contribution in [-0.4, -0.2) is 21.6 Å². The summed E-state index contributed by atoms with van der Waals surface area (Å²) in [5, 5.41) is 17.7. The topological polar surface area (TPSA) is 128 Å². The van der Waals surface area contributed by atoms with Crippen LogP contribution in [0, 0.1) is 10.1 Å². The summed E-state index contributed by atoms with van der Waals surface area (Å²) in [6, 6.07) is 2.55. The van der Waals surface area contributed by atoms with Gasteiger partial charge in [-0.2, -0.15) is 0 Å². The number of pyridine rings is 1. The molecule has 14 heavy (non-hydrogen) atoms. The molecule has 0 bridgehead atoms. The van der Waals surface area contributed by atoms with Crippen molar-refractivity contribution in [2.75, 3.05) is 18.1 Å². The van der Waals surface area contributed by atoms with Gasteiger partial charge in [0.25, 0.3) is 0 Å². The number of aromatic nitrogens is 1. The molecule has 0 aliphatic rings. The highest BCUT2D eigenvalue weighted by molar-refractivity contribution is 5.55. The van der Waals surface area contributed by atoms with Crippen LogP contribution in [0.4, 0.5) is 17.3 Å². The van der Waals surface area contributed by atoms with Gasteiger partial charge in [0.2, 0.25) is 5.82 Å². The lowest BCUT2D eigenvalue weighted by atomic mass is 10.4. The van der Waals surface area contributed by atoms with Crippen LogP contribution in [0.15, 0.2) is 12.1 Å². The predicted molar refractivity (Wildman–Crippen MR) is 52.5 cm³/mol. The lowest BCUT2D eigenvalue weighted by Gasteiger charge is -1.95. The van der Waals surface area contributed by atoms with Crippen LogP contribution in [0.1, 0.15) is 6.92 Å². The summed E-state index contributed by atoms with van der Waals surface area (Å²) in [5.41, 5.74) is 10.2. The largest absolute Gasteiger partial charge is 0.397 e. The number of nitro groups is 1. The summed E-state index contributed by atoms with van der Waals surface area (Å²) in [5.74, 6) is 0.0168. The maximum absolute atomic E-state index is 10.2. The van der Waals surface area contributed by atoms with E-state index in [1.165, 1.54) is 12.1 Å². The molecule has 7 heteroatoms. The van der Waals surface area contributed by atoms with E-state index < -0.39 is 4.92 Å². The Balaban J connectivity index is 0.000000500. The molecule has 0 radical (unpaired) electrons. The Kier molecular flexibility index (Phi) is 4.93. The van der Waals surface area contributed by atoms with Crippen LogP contribution < -0.4 is 11.5 Å². The number of aliphatic hydroxyl groups excluding tert-OH is 1. The van der Waals surface area contributed by atoms with Gasteiger partial charge in [0.05, 0.1) is 4.92 Å². The minimum Gasteiger partial charge on any atom is -0.397 e. The standard InChI is InChI=1S/C5H6N4O2.C2H6O/c6-4-2-1-3(9(10)11)5(7)8-4;1-2-3/h1-2H,(H4,6,7,8);3H,2H2,1H3. The highest BCUT2D eigenvalue weighted by atomic mass is 16.6. The van der Waals surface area contributed by atoms with Crippen molar-refractivity contribution < 1.29 is 10.0 Å². The Morgan fingerprint density at radius 3 is 2.43 bits per heavy atom. The van der Waals surface area contributed by atoms with Gasteiger partial charge in [0.1, 0.15) is 5.82 Å². The summed E-state index contributed by atoms with van der Waals surface area (Å²) < 4.78 is 0. The van der Waals surface area contributed by atoms with Crippen LogP contribution in [0.2, 0.25) is 0 Å². The quantitative estimate of drug-likeness (QED) is 0.437. The third-order valence-corrected chi connectivity index (χ3v) is 1.12. The molecular weight excluding hydrogens is 188 g/mol. The number of nitrogens with zero attached hydrogens (tertiary/aromatic N) is 2. The van der Waals surface area contributed by atoms with Crippen molar-refractivity contribution in [1.82, 2.24) is 4.98 Å². The van der Waals surface area contributed by atoms with Gasteiger partial charge < -0.3 is 16.6 Å². The molecule has 0 spiro atoms. The fraction of sp³-hybridized carbons (Fsp3) is 0.286. The van der Waals surface area contributed by atoms with Crippen LogP contribution in [0.3, 0.4) is 0 Å². The van der Waals surface area contributed by atoms with Gasteiger partial charge in [-0.3, -0.25) is 10.1 Å². The third-order valence-electron chi connectivity index (χ3n) is 1.12. The number of nitrogen functional groups attached to an aromatic ring is 2. The summed E-state index contributed by atoms with van der Waals surface area (Å²) in [7, 11) is 0. The zero-order valence-corrected chi connectivity index (χ0v) is 7.67. The van der Waals surface area contributed by atoms with Gasteiger partial charge in [-0.25, -0.2) is 4.98 Å². The molecule has 0 saturated carbocycles. The molecule has 0 aliphatic carbocycles. The molecule has 0 fully saturated rings. The predicted octanol–water partition coefficient (Wildman–Crippen LogP) is 0.153. The highest BCUT2D eigenvalue weighted by Gasteiger charge is 2.10. The summed E-state index contributed by atoms with van der Waals surface area (Å²) in [6.45, 7) is 1.93. The summed E-state index contributed by atoms with van der Waals surface area (Å²) in [4.78, 5) is 13.1. The first-order valence-corrected chi connectivity index (χ1v) is 3.80. The van der Waals surface area contributed by atoms with E-state index in [2.05, 4.69) is 4.98 Å². The lowest BCUT2D eigenvalue weighted by molar-refractivity contribution is -0.384. The molecule has 1 aromatic rings. The van der Waals surface area contributed by atoms with Gasteiger partial charge in [0.15, 0.2) is 0 Å². The van der Waals surface area contributed by atoms with E-state index in [-0.39, 0.29) is 23.9 Å². The summed E-state index contributed by atoms with van der Waals surface area (Å²) >= 11 is 0. The second kappa shape index (κ2) is 5.70. The van der Waals surface area contributed by atoms with Crippen molar-refractivity contribution in [1.29, 1.82) is 0 Å². The van der Waals surface area contributed by atoms with Gasteiger partial charge in [-0.15, -0.1) is 0 Å². The van der Waals surface area contributed by atoms with E-state index in [0.717, 1.165) is 0 Å². The molecule has 0 unspecified atom stereocenters. The maximum Gasteiger partial charge on any atom is 0.311 e. The second-order valence-corrected chi connectivity index (χ2v) is 2.21. The number of hydrogen-bond acceptors (Lipinski definition) is 6. The van der Waals surface area contributed by atoms with Crippen LogP contribution in [-0.2, 0) is 0 Å². The number of rotatable bonds is 1. The molecule has 78 valence electrons.